The van der Waals surface area contributed by atoms with Crippen molar-refractivity contribution in [2.45, 2.75) is 18.9 Å². The highest BCUT2D eigenvalue weighted by molar-refractivity contribution is 7.20. The topological polar surface area (TPSA) is 46.4 Å². The van der Waals surface area contributed by atoms with Crippen molar-refractivity contribution in [2.24, 2.45) is 0 Å². The van der Waals surface area contributed by atoms with E-state index in [4.69, 9.17) is 0 Å². The summed E-state index contributed by atoms with van der Waals surface area (Å²) in [5.74, 6) is -0.561. The van der Waals surface area contributed by atoms with Crippen LogP contribution in [0.15, 0.2) is 60.9 Å². The first-order chi connectivity index (χ1) is 15.0. The van der Waals surface area contributed by atoms with Crippen LogP contribution in [0, 0.1) is 0 Å². The van der Waals surface area contributed by atoms with Gasteiger partial charge < -0.3 is 5.32 Å². The van der Waals surface area contributed by atoms with E-state index in [0.29, 0.717) is 21.0 Å². The molecule has 32 heavy (non-hydrogen) atoms. The summed E-state index contributed by atoms with van der Waals surface area (Å²) < 4.78 is 78.1. The minimum absolute atomic E-state index is 0.0715. The second-order valence-electron chi connectivity index (χ2n) is 6.87. The number of nitrogens with zero attached hydrogens (tertiary/aromatic N) is 2. The number of alkyl halides is 6. The zero-order chi connectivity index (χ0) is 23.1. The first-order valence-electron chi connectivity index (χ1n) is 9.11. The van der Waals surface area contributed by atoms with Gasteiger partial charge in [0, 0.05) is 18.9 Å². The third-order valence-electron chi connectivity index (χ3n) is 4.59. The molecule has 4 nitrogen and oxygen atoms in total. The van der Waals surface area contributed by atoms with E-state index in [1.54, 1.807) is 10.6 Å². The second kappa shape index (κ2) is 7.97. The third kappa shape index (κ3) is 4.62. The molecule has 0 unspecified atom stereocenters. The van der Waals surface area contributed by atoms with E-state index in [-0.39, 0.29) is 12.2 Å². The molecule has 4 rings (SSSR count). The molecule has 0 bridgehead atoms. The van der Waals surface area contributed by atoms with Gasteiger partial charge in [0.05, 0.1) is 16.0 Å². The van der Waals surface area contributed by atoms with Gasteiger partial charge in [0.15, 0.2) is 4.96 Å². The zero-order valence-electron chi connectivity index (χ0n) is 16.0. The van der Waals surface area contributed by atoms with Gasteiger partial charge in [-0.1, -0.05) is 35.6 Å². The van der Waals surface area contributed by atoms with Crippen LogP contribution in [0.5, 0.6) is 0 Å². The number of imidazole rings is 1. The highest BCUT2D eigenvalue weighted by atomic mass is 32.1. The Morgan fingerprint density at radius 3 is 2.25 bits per heavy atom. The van der Waals surface area contributed by atoms with Crippen LogP contribution >= 0.6 is 11.3 Å². The molecule has 0 aliphatic carbocycles. The molecule has 1 N–H and O–H groups in total. The van der Waals surface area contributed by atoms with Crippen molar-refractivity contribution in [1.82, 2.24) is 14.7 Å². The standard InChI is InChI=1S/C21H13F6N3OS/c22-20(23,24)14-6-4-13(5-7-14)17-11-30-10-16(29-19(30)32-17)18(31)28-9-12-2-1-3-15(8-12)21(25,26)27/h1-8,10-11H,9H2,(H,28,31). The Balaban J connectivity index is 1.46. The molecule has 2 aromatic carbocycles. The maximum absolute atomic E-state index is 12.8. The predicted molar refractivity (Wildman–Crippen MR) is 106 cm³/mol. The van der Waals surface area contributed by atoms with Gasteiger partial charge in [0.25, 0.3) is 5.91 Å². The van der Waals surface area contributed by atoms with Crippen LogP contribution in [0.25, 0.3) is 15.4 Å². The summed E-state index contributed by atoms with van der Waals surface area (Å²) in [6, 6.07) is 9.34. The van der Waals surface area contributed by atoms with Crippen molar-refractivity contribution in [2.75, 3.05) is 0 Å². The van der Waals surface area contributed by atoms with Gasteiger partial charge in [-0.25, -0.2) is 4.98 Å². The molecule has 0 spiro atoms. The number of hydrogen-bond acceptors (Lipinski definition) is 3. The van der Waals surface area contributed by atoms with E-state index in [1.807, 2.05) is 0 Å². The Morgan fingerprint density at radius 1 is 0.938 bits per heavy atom. The molecule has 0 aliphatic heterocycles. The van der Waals surface area contributed by atoms with E-state index in [1.165, 1.54) is 41.8 Å². The summed E-state index contributed by atoms with van der Waals surface area (Å²) in [6.07, 6.45) is -5.81. The quantitative estimate of drug-likeness (QED) is 0.371. The number of nitrogens with one attached hydrogen (secondary N) is 1. The monoisotopic (exact) mass is 469 g/mol. The Kier molecular flexibility index (Phi) is 5.45. The van der Waals surface area contributed by atoms with Gasteiger partial charge in [0.1, 0.15) is 5.69 Å². The molecule has 1 amide bonds. The minimum atomic E-state index is -4.47. The number of thiazole rings is 1. The maximum Gasteiger partial charge on any atom is 0.416 e. The molecule has 0 radical (unpaired) electrons. The summed E-state index contributed by atoms with van der Waals surface area (Å²) >= 11 is 1.19. The molecular formula is C21H13F6N3OS. The van der Waals surface area contributed by atoms with Crippen molar-refractivity contribution in [3.63, 3.8) is 0 Å². The fourth-order valence-electron chi connectivity index (χ4n) is 2.99. The van der Waals surface area contributed by atoms with Gasteiger partial charge in [0.2, 0.25) is 0 Å². The summed E-state index contributed by atoms with van der Waals surface area (Å²) in [5, 5.41) is 2.53. The molecule has 0 saturated heterocycles. The van der Waals surface area contributed by atoms with E-state index >= 15 is 0 Å². The SMILES string of the molecule is O=C(NCc1cccc(C(F)(F)F)c1)c1cn2cc(-c3ccc(C(F)(F)F)cc3)sc2n1. The minimum Gasteiger partial charge on any atom is -0.347 e. The number of fused-ring (bicyclic) bond motifs is 1. The van der Waals surface area contributed by atoms with Gasteiger partial charge in [-0.15, -0.1) is 0 Å². The van der Waals surface area contributed by atoms with E-state index in [0.717, 1.165) is 24.3 Å². The zero-order valence-corrected chi connectivity index (χ0v) is 16.8. The Bertz CT molecular complexity index is 1240. The molecule has 2 aromatic heterocycles. The fraction of sp³-hybridized carbons (Fsp3) is 0.143. The third-order valence-corrected chi connectivity index (χ3v) is 5.64. The Morgan fingerprint density at radius 2 is 1.62 bits per heavy atom. The largest absolute Gasteiger partial charge is 0.416 e. The normalized spacial score (nSPS) is 12.3. The average molecular weight is 469 g/mol. The molecule has 11 heteroatoms. The van der Waals surface area contributed by atoms with Crippen molar-refractivity contribution >= 4 is 22.2 Å². The van der Waals surface area contributed by atoms with Gasteiger partial charge in [-0.2, -0.15) is 26.3 Å². The number of aromatic nitrogens is 2. The van der Waals surface area contributed by atoms with E-state index in [9.17, 15) is 31.1 Å². The number of benzene rings is 2. The van der Waals surface area contributed by atoms with Crippen LogP contribution in [0.2, 0.25) is 0 Å². The van der Waals surface area contributed by atoms with E-state index < -0.39 is 29.4 Å². The lowest BCUT2D eigenvalue weighted by Gasteiger charge is -2.09. The number of rotatable bonds is 4. The molecule has 0 fully saturated rings. The smallest absolute Gasteiger partial charge is 0.347 e. The second-order valence-corrected chi connectivity index (χ2v) is 7.88. The van der Waals surface area contributed by atoms with Gasteiger partial charge in [-0.05, 0) is 35.4 Å². The van der Waals surface area contributed by atoms with Crippen molar-refractivity contribution in [1.29, 1.82) is 0 Å². The number of halogens is 6. The Hall–Kier alpha value is -3.34. The lowest BCUT2D eigenvalue weighted by Crippen LogP contribution is -2.23. The summed E-state index contributed by atoms with van der Waals surface area (Å²) in [6.45, 7) is -0.106. The van der Waals surface area contributed by atoms with Crippen LogP contribution < -0.4 is 5.32 Å². The molecular weight excluding hydrogens is 456 g/mol. The number of carbonyl (C=O) groups excluding carboxylic acids is 1. The van der Waals surface area contributed by atoms with Crippen LogP contribution in [0.4, 0.5) is 26.3 Å². The van der Waals surface area contributed by atoms with Gasteiger partial charge in [-0.3, -0.25) is 9.20 Å². The van der Waals surface area contributed by atoms with Crippen LogP contribution in [-0.2, 0) is 18.9 Å². The van der Waals surface area contributed by atoms with Crippen LogP contribution in [0.1, 0.15) is 27.2 Å². The van der Waals surface area contributed by atoms with Crippen LogP contribution in [0.3, 0.4) is 0 Å². The summed E-state index contributed by atoms with van der Waals surface area (Å²) in [5.41, 5.74) is -0.616. The van der Waals surface area contributed by atoms with Crippen molar-refractivity contribution < 1.29 is 31.1 Å². The number of hydrogen-bond donors (Lipinski definition) is 1. The maximum atomic E-state index is 12.8. The summed E-state index contributed by atoms with van der Waals surface area (Å²) in [7, 11) is 0. The highest BCUT2D eigenvalue weighted by Gasteiger charge is 2.31. The first kappa shape index (κ1) is 21.9. The van der Waals surface area contributed by atoms with Crippen molar-refractivity contribution in [3.05, 3.63) is 83.3 Å². The molecule has 0 aliphatic rings. The molecule has 0 saturated carbocycles. The highest BCUT2D eigenvalue weighted by Crippen LogP contribution is 2.33. The molecule has 4 aromatic rings. The lowest BCUT2D eigenvalue weighted by atomic mass is 10.1. The Labute approximate surface area is 181 Å². The number of amides is 1. The molecule has 2 heterocycles. The number of carbonyl (C=O) groups is 1. The lowest BCUT2D eigenvalue weighted by molar-refractivity contribution is -0.138. The van der Waals surface area contributed by atoms with Crippen LogP contribution in [-0.4, -0.2) is 15.3 Å². The van der Waals surface area contributed by atoms with Gasteiger partial charge >= 0.3 is 12.4 Å². The molecule has 0 atom stereocenters. The van der Waals surface area contributed by atoms with Crippen molar-refractivity contribution in [3.8, 4) is 10.4 Å². The first-order valence-corrected chi connectivity index (χ1v) is 9.93. The fourth-order valence-corrected chi connectivity index (χ4v) is 3.96. The molecule has 166 valence electrons. The summed E-state index contributed by atoms with van der Waals surface area (Å²) in [4.78, 5) is 17.6. The average Bonchev–Trinajstić information content (AvgIpc) is 3.30. The predicted octanol–water partition coefficient (Wildman–Crippen LogP) is 6.03. The van der Waals surface area contributed by atoms with E-state index in [2.05, 4.69) is 10.3 Å².